The minimum Gasteiger partial charge on any atom is -0.497 e. The summed E-state index contributed by atoms with van der Waals surface area (Å²) in [6.45, 7) is 15.9. The van der Waals surface area contributed by atoms with Gasteiger partial charge in [-0.15, -0.1) is 0 Å². The van der Waals surface area contributed by atoms with Crippen LogP contribution < -0.4 is 58.7 Å². The normalized spacial score (nSPS) is 15.3. The number of aromatic nitrogens is 5. The van der Waals surface area contributed by atoms with E-state index in [1.54, 1.807) is 38.0 Å². The number of benzene rings is 7. The molecule has 12 aromatic rings. The van der Waals surface area contributed by atoms with Gasteiger partial charge in [0, 0.05) is 167 Å². The number of morpholine rings is 2. The fourth-order valence-corrected chi connectivity index (χ4v) is 13.9. The van der Waals surface area contributed by atoms with Crippen molar-refractivity contribution in [2.75, 3.05) is 69.5 Å². The van der Waals surface area contributed by atoms with E-state index in [0.717, 1.165) is 198 Å². The lowest BCUT2D eigenvalue weighted by atomic mass is 9.76. The van der Waals surface area contributed by atoms with Crippen molar-refractivity contribution in [2.24, 2.45) is 0 Å². The first-order valence-electron chi connectivity index (χ1n) is 37.1. The fraction of sp³-hybridized carbons (Fsp3) is 0.247. The molecule has 20 nitrogen and oxygen atoms in total. The molecule has 0 spiro atoms. The minimum absolute atomic E-state index is 0.131. The van der Waals surface area contributed by atoms with E-state index in [0.29, 0.717) is 58.7 Å². The van der Waals surface area contributed by atoms with Crippen molar-refractivity contribution in [3.8, 4) is 85.9 Å². The Kier molecular flexibility index (Phi) is 21.3. The molecule has 0 bridgehead atoms. The van der Waals surface area contributed by atoms with Crippen LogP contribution in [0.2, 0.25) is 0 Å². The highest BCUT2D eigenvalue weighted by Gasteiger charge is 2.53. The molecule has 6 aliphatic rings. The number of nitrogens with one attached hydrogen (secondary N) is 1. The van der Waals surface area contributed by atoms with E-state index in [9.17, 15) is 4.79 Å². The van der Waals surface area contributed by atoms with Crippen molar-refractivity contribution in [2.45, 2.75) is 84.6 Å². The van der Waals surface area contributed by atoms with E-state index in [2.05, 4.69) is 106 Å². The molecule has 1 N–H and O–H groups in total. The van der Waals surface area contributed by atoms with Crippen molar-refractivity contribution >= 4 is 24.0 Å². The minimum atomic E-state index is -0.455. The van der Waals surface area contributed by atoms with Crippen LogP contribution in [0, 0.1) is 0 Å². The van der Waals surface area contributed by atoms with Gasteiger partial charge < -0.3 is 71.5 Å². The van der Waals surface area contributed by atoms with Crippen LogP contribution >= 0.6 is 0 Å². The van der Waals surface area contributed by atoms with Crippen molar-refractivity contribution in [1.29, 1.82) is 0 Å². The van der Waals surface area contributed by atoms with Gasteiger partial charge in [0.15, 0.2) is 0 Å². The predicted molar refractivity (Wildman–Crippen MR) is 421 cm³/mol. The van der Waals surface area contributed by atoms with Crippen molar-refractivity contribution in [1.82, 2.24) is 24.9 Å². The average molecular weight is 1470 g/mol. The van der Waals surface area contributed by atoms with Crippen LogP contribution in [0.4, 0.5) is 11.4 Å². The molecule has 0 radical (unpaired) electrons. The van der Waals surface area contributed by atoms with Gasteiger partial charge in [-0.25, -0.2) is 4.98 Å². The second-order valence-electron chi connectivity index (χ2n) is 28.6. The van der Waals surface area contributed by atoms with Gasteiger partial charge >= 0.3 is 7.12 Å². The van der Waals surface area contributed by atoms with Crippen LogP contribution in [0.1, 0.15) is 83.3 Å². The van der Waals surface area contributed by atoms with Gasteiger partial charge in [0.2, 0.25) is 11.4 Å². The van der Waals surface area contributed by atoms with Crippen molar-refractivity contribution in [3.05, 3.63) is 297 Å². The first kappa shape index (κ1) is 72.2. The van der Waals surface area contributed by atoms with Crippen LogP contribution in [0.25, 0.3) is 22.5 Å². The number of hydrogen-bond donors (Lipinski definition) is 1. The first-order valence-corrected chi connectivity index (χ1v) is 37.1. The Bertz CT molecular complexity index is 5280. The van der Waals surface area contributed by atoms with Gasteiger partial charge in [-0.3, -0.25) is 19.7 Å². The lowest BCUT2D eigenvalue weighted by molar-refractivity contribution is 0.00578. The molecule has 556 valence electrons. The van der Waals surface area contributed by atoms with E-state index < -0.39 is 18.3 Å². The molecular formula is C89H84BN7O13. The first-order chi connectivity index (χ1) is 53.8. The van der Waals surface area contributed by atoms with Gasteiger partial charge in [-0.2, -0.15) is 0 Å². The van der Waals surface area contributed by atoms with Crippen LogP contribution in [-0.4, -0.2) is 103 Å². The molecule has 0 amide bonds. The fourth-order valence-electron chi connectivity index (χ4n) is 13.9. The van der Waals surface area contributed by atoms with Crippen LogP contribution in [-0.2, 0) is 64.5 Å². The number of H-pyrrole nitrogens is 1. The van der Waals surface area contributed by atoms with E-state index in [1.165, 1.54) is 0 Å². The van der Waals surface area contributed by atoms with Gasteiger partial charge in [-0.1, -0.05) is 72.8 Å². The molecule has 5 aromatic heterocycles. The number of nitrogens with zero attached hydrogens (tertiary/aromatic N) is 6. The maximum absolute atomic E-state index is 12.5. The van der Waals surface area contributed by atoms with E-state index in [1.807, 2.05) is 152 Å². The third kappa shape index (κ3) is 16.7. The highest BCUT2D eigenvalue weighted by molar-refractivity contribution is 6.63. The Morgan fingerprint density at radius 1 is 0.436 bits per heavy atom. The van der Waals surface area contributed by atoms with Crippen LogP contribution in [0.15, 0.2) is 236 Å². The summed E-state index contributed by atoms with van der Waals surface area (Å²) >= 11 is 0. The summed E-state index contributed by atoms with van der Waals surface area (Å²) in [5.41, 5.74) is 15.9. The summed E-state index contributed by atoms with van der Waals surface area (Å²) < 4.78 is 72.5. The zero-order valence-electron chi connectivity index (χ0n) is 62.1. The predicted octanol–water partition coefficient (Wildman–Crippen LogP) is 16.0. The Morgan fingerprint density at radius 3 is 1.37 bits per heavy atom. The molecule has 3 saturated heterocycles. The zero-order chi connectivity index (χ0) is 75.0. The Hall–Kier alpha value is -12.0. The molecule has 0 unspecified atom stereocenters. The molecule has 18 rings (SSSR count). The summed E-state index contributed by atoms with van der Waals surface area (Å²) in [7, 11) is 1.21. The lowest BCUT2D eigenvalue weighted by Crippen LogP contribution is -2.41. The Balaban J connectivity index is 0.000000127. The van der Waals surface area contributed by atoms with Crippen LogP contribution in [0.5, 0.6) is 63.4 Å². The maximum Gasteiger partial charge on any atom is 0.498 e. The molecule has 7 aromatic carbocycles. The molecule has 6 aliphatic heterocycles. The Morgan fingerprint density at radius 2 is 0.882 bits per heavy atom. The number of fused-ring (bicyclic) bond motifs is 6. The molecule has 21 heteroatoms. The molecule has 0 atom stereocenters. The second kappa shape index (κ2) is 32.4. The average Bonchev–Trinajstić information content (AvgIpc) is 1.23. The third-order valence-electron chi connectivity index (χ3n) is 20.6. The molecule has 110 heavy (non-hydrogen) atoms. The summed E-state index contributed by atoms with van der Waals surface area (Å²) in [6.07, 6.45) is 12.9. The lowest BCUT2D eigenvalue weighted by Gasteiger charge is -2.32. The van der Waals surface area contributed by atoms with Gasteiger partial charge in [0.05, 0.1) is 56.1 Å². The second-order valence-corrected chi connectivity index (χ2v) is 28.6. The molecule has 11 heterocycles. The van der Waals surface area contributed by atoms with Crippen molar-refractivity contribution < 1.29 is 56.7 Å². The summed E-state index contributed by atoms with van der Waals surface area (Å²) in [6, 6.07) is 63.7. The largest absolute Gasteiger partial charge is 0.498 e. The zero-order valence-corrected chi connectivity index (χ0v) is 62.1. The summed E-state index contributed by atoms with van der Waals surface area (Å²) in [4.78, 5) is 37.4. The number of ether oxygens (including phenoxy) is 10. The SMILES string of the molecule is CC1(C)OB(c2cccc3c2Oc2ccc(OCc4cccnc4)cc2C3)OC1(C)C.COc1ccc(COc2cc(N3CCOCC3)cc(-c3cccc4c3Oc3ccc(OCc5cccnc5)cc3C4)n2)cc1.O=c1cc(N2CCOCC2)cc(-c2cccc3c2Oc2ccc(OCc4cccnc4)cc2C3)[nH]1. The number of methoxy groups -OCH3 is 1. The number of rotatable bonds is 18. The van der Waals surface area contributed by atoms with Gasteiger partial charge in [-0.05, 0) is 148 Å². The van der Waals surface area contributed by atoms with Crippen LogP contribution in [0.3, 0.4) is 0 Å². The van der Waals surface area contributed by atoms with Gasteiger partial charge in [0.25, 0.3) is 0 Å². The maximum atomic E-state index is 12.5. The molecule has 0 saturated carbocycles. The third-order valence-corrected chi connectivity index (χ3v) is 20.6. The van der Waals surface area contributed by atoms with Crippen molar-refractivity contribution in [3.63, 3.8) is 0 Å². The Labute approximate surface area is 639 Å². The quantitative estimate of drug-likeness (QED) is 0.0794. The standard InChI is InChI=1S/C36H33N3O5.C28H25N3O4.C25H26BNO4/c1-40-30-9-7-25(8-10-30)23-43-35-21-29(39-14-16-41-17-15-39)20-33(38-35)32-6-2-5-27-18-28-19-31(11-12-34(28)44-36(27)32)42-24-26-4-3-13-37-22-26;32-27-16-22(31-9-11-33-12-10-31)15-25(30-27)24-5-1-4-20-13-21-14-23(6-7-26(21)35-28(20)24)34-18-19-3-2-8-29-17-19;1-24(2)25(3,4)31-26(30-24)21-9-5-8-18-13-19-14-20(10-11-22(19)29-23(18)21)28-16-17-7-6-12-27-15-17/h2-13,19-22H,14-18,23-24H2,1H3;1-8,14-17H,9-13,18H2,(H,30,32);5-12,14-15H,13,16H2,1-4H3. The summed E-state index contributed by atoms with van der Waals surface area (Å²) in [5.74, 6) is 8.66. The summed E-state index contributed by atoms with van der Waals surface area (Å²) in [5, 5.41) is 0. The smallest absolute Gasteiger partial charge is 0.497 e. The number of pyridine rings is 5. The van der Waals surface area contributed by atoms with E-state index in [4.69, 9.17) is 61.7 Å². The highest BCUT2D eigenvalue weighted by atomic mass is 16.7. The van der Waals surface area contributed by atoms with Gasteiger partial charge in [0.1, 0.15) is 83.9 Å². The van der Waals surface area contributed by atoms with E-state index >= 15 is 0 Å². The number of anilines is 2. The topological polar surface area (TPSA) is 202 Å². The number of para-hydroxylation sites is 3. The number of aromatic amines is 1. The highest BCUT2D eigenvalue weighted by Crippen LogP contribution is 2.47. The molecule has 0 aliphatic carbocycles. The number of hydrogen-bond acceptors (Lipinski definition) is 19. The molecule has 3 fully saturated rings. The molecular weight excluding hydrogens is 1390 g/mol. The monoisotopic (exact) mass is 1470 g/mol. The van der Waals surface area contributed by atoms with E-state index in [-0.39, 0.29) is 5.56 Å².